The summed E-state index contributed by atoms with van der Waals surface area (Å²) in [7, 11) is 1.64. The molecular formula is C20H18N4O3. The number of carbonyl (C=O) groups excluding carboxylic acids is 2. The van der Waals surface area contributed by atoms with Crippen molar-refractivity contribution >= 4 is 17.5 Å². The smallest absolute Gasteiger partial charge is 0.259 e. The third-order valence-corrected chi connectivity index (χ3v) is 3.91. The molecule has 1 aromatic carbocycles. The molecule has 0 unspecified atom stereocenters. The fourth-order valence-electron chi connectivity index (χ4n) is 2.41. The van der Waals surface area contributed by atoms with Gasteiger partial charge in [-0.3, -0.25) is 19.6 Å². The van der Waals surface area contributed by atoms with Crippen molar-refractivity contribution in [3.63, 3.8) is 0 Å². The number of carbonyl (C=O) groups is 2. The Bertz CT molecular complexity index is 943. The Morgan fingerprint density at radius 3 is 2.48 bits per heavy atom. The lowest BCUT2D eigenvalue weighted by Gasteiger charge is -2.18. The van der Waals surface area contributed by atoms with Crippen LogP contribution in [0.25, 0.3) is 0 Å². The highest BCUT2D eigenvalue weighted by atomic mass is 16.5. The number of aromatic nitrogens is 2. The van der Waals surface area contributed by atoms with Crippen LogP contribution in [0.4, 0.5) is 5.69 Å². The average molecular weight is 362 g/mol. The van der Waals surface area contributed by atoms with Crippen molar-refractivity contribution in [2.75, 3.05) is 11.9 Å². The van der Waals surface area contributed by atoms with Crippen molar-refractivity contribution in [1.82, 2.24) is 9.97 Å². The molecule has 2 heterocycles. The number of primary amides is 1. The van der Waals surface area contributed by atoms with Crippen molar-refractivity contribution in [3.8, 4) is 5.75 Å². The first kappa shape index (κ1) is 18.1. The Balaban J connectivity index is 1.68. The maximum Gasteiger partial charge on any atom is 0.259 e. The topological polar surface area (TPSA) is 98.4 Å². The van der Waals surface area contributed by atoms with E-state index in [0.717, 1.165) is 5.69 Å². The molecule has 0 fully saturated rings. The van der Waals surface area contributed by atoms with Gasteiger partial charge in [0.2, 0.25) is 5.91 Å². The quantitative estimate of drug-likeness (QED) is 0.726. The maximum absolute atomic E-state index is 12.6. The second-order valence-electron chi connectivity index (χ2n) is 5.79. The molecular weight excluding hydrogens is 344 g/mol. The van der Waals surface area contributed by atoms with E-state index in [1.54, 1.807) is 37.5 Å². The highest BCUT2D eigenvalue weighted by Crippen LogP contribution is 2.21. The summed E-state index contributed by atoms with van der Waals surface area (Å²) in [6.07, 6.45) is 4.44. The molecule has 0 aliphatic carbocycles. The van der Waals surface area contributed by atoms with Gasteiger partial charge in [-0.2, -0.15) is 0 Å². The van der Waals surface area contributed by atoms with E-state index in [4.69, 9.17) is 10.5 Å². The minimum Gasteiger partial charge on any atom is -0.487 e. The van der Waals surface area contributed by atoms with E-state index in [1.807, 2.05) is 18.2 Å². The summed E-state index contributed by atoms with van der Waals surface area (Å²) < 4.78 is 5.69. The number of rotatable bonds is 6. The van der Waals surface area contributed by atoms with E-state index in [9.17, 15) is 9.59 Å². The summed E-state index contributed by atoms with van der Waals surface area (Å²) in [5.74, 6) is -0.260. The minimum absolute atomic E-state index is 0.188. The molecule has 0 radical (unpaired) electrons. The number of nitrogens with zero attached hydrogens (tertiary/aromatic N) is 3. The molecule has 3 aromatic rings. The van der Waals surface area contributed by atoms with Gasteiger partial charge in [-0.15, -0.1) is 0 Å². The SMILES string of the molecule is CN(C(=O)c1cncc(C(N)=O)c1)c1ccc(OCc2ccccn2)cc1. The van der Waals surface area contributed by atoms with Crippen LogP contribution in [0.15, 0.2) is 67.1 Å². The van der Waals surface area contributed by atoms with Crippen LogP contribution in [0.3, 0.4) is 0 Å². The van der Waals surface area contributed by atoms with E-state index >= 15 is 0 Å². The van der Waals surface area contributed by atoms with Crippen molar-refractivity contribution in [1.29, 1.82) is 0 Å². The molecule has 3 rings (SSSR count). The van der Waals surface area contributed by atoms with E-state index in [0.29, 0.717) is 18.0 Å². The van der Waals surface area contributed by atoms with Crippen LogP contribution < -0.4 is 15.4 Å². The van der Waals surface area contributed by atoms with Gasteiger partial charge in [0.05, 0.1) is 16.8 Å². The molecule has 2 N–H and O–H groups in total. The van der Waals surface area contributed by atoms with E-state index < -0.39 is 5.91 Å². The molecule has 2 aromatic heterocycles. The van der Waals surface area contributed by atoms with Crippen molar-refractivity contribution in [2.45, 2.75) is 6.61 Å². The van der Waals surface area contributed by atoms with Gasteiger partial charge in [0.1, 0.15) is 12.4 Å². The number of amides is 2. The van der Waals surface area contributed by atoms with Crippen LogP contribution in [0.2, 0.25) is 0 Å². The second kappa shape index (κ2) is 8.09. The Morgan fingerprint density at radius 1 is 1.07 bits per heavy atom. The molecule has 0 aliphatic rings. The molecule has 2 amide bonds. The fraction of sp³-hybridized carbons (Fsp3) is 0.100. The number of hydrogen-bond donors (Lipinski definition) is 1. The minimum atomic E-state index is -0.630. The predicted octanol–water partition coefficient (Wildman–Crippen LogP) is 2.43. The maximum atomic E-state index is 12.6. The van der Waals surface area contributed by atoms with Crippen LogP contribution in [0.1, 0.15) is 26.4 Å². The lowest BCUT2D eigenvalue weighted by Crippen LogP contribution is -2.26. The third-order valence-electron chi connectivity index (χ3n) is 3.91. The molecule has 0 saturated heterocycles. The highest BCUT2D eigenvalue weighted by molar-refractivity contribution is 6.06. The zero-order chi connectivity index (χ0) is 19.2. The molecule has 0 atom stereocenters. The van der Waals surface area contributed by atoms with Crippen molar-refractivity contribution < 1.29 is 14.3 Å². The van der Waals surface area contributed by atoms with E-state index in [1.165, 1.54) is 23.4 Å². The van der Waals surface area contributed by atoms with Gasteiger partial charge in [-0.05, 0) is 42.5 Å². The largest absolute Gasteiger partial charge is 0.487 e. The fourth-order valence-corrected chi connectivity index (χ4v) is 2.41. The number of ether oxygens (including phenoxy) is 1. The van der Waals surface area contributed by atoms with E-state index in [-0.39, 0.29) is 17.0 Å². The summed E-state index contributed by atoms with van der Waals surface area (Å²) in [4.78, 5) is 33.4. The standard InChI is InChI=1S/C20H18N4O3/c1-24(20(26)15-10-14(19(21)25)11-22-12-15)17-5-7-18(8-6-17)27-13-16-4-2-3-9-23-16/h2-12H,13H2,1H3,(H2,21,25). The Hall–Kier alpha value is -3.74. The summed E-state index contributed by atoms with van der Waals surface area (Å²) in [6.45, 7) is 0.362. The van der Waals surface area contributed by atoms with Gasteiger partial charge in [0.25, 0.3) is 5.91 Å². The zero-order valence-electron chi connectivity index (χ0n) is 14.7. The van der Waals surface area contributed by atoms with Crippen LogP contribution in [-0.4, -0.2) is 28.8 Å². The van der Waals surface area contributed by atoms with Gasteiger partial charge < -0.3 is 15.4 Å². The Morgan fingerprint density at radius 2 is 1.81 bits per heavy atom. The molecule has 7 nitrogen and oxygen atoms in total. The van der Waals surface area contributed by atoms with E-state index in [2.05, 4.69) is 9.97 Å². The normalized spacial score (nSPS) is 10.3. The lowest BCUT2D eigenvalue weighted by molar-refractivity contribution is 0.0992. The van der Waals surface area contributed by atoms with Crippen LogP contribution in [-0.2, 0) is 6.61 Å². The van der Waals surface area contributed by atoms with Gasteiger partial charge in [-0.25, -0.2) is 0 Å². The van der Waals surface area contributed by atoms with Gasteiger partial charge in [0.15, 0.2) is 0 Å². The third kappa shape index (κ3) is 4.46. The molecule has 7 heteroatoms. The van der Waals surface area contributed by atoms with Crippen molar-refractivity contribution in [2.24, 2.45) is 5.73 Å². The number of benzene rings is 1. The summed E-state index contributed by atoms with van der Waals surface area (Å²) >= 11 is 0. The number of pyridine rings is 2. The van der Waals surface area contributed by atoms with Gasteiger partial charge in [0, 0.05) is 31.3 Å². The van der Waals surface area contributed by atoms with Crippen LogP contribution in [0, 0.1) is 0 Å². The van der Waals surface area contributed by atoms with Crippen LogP contribution >= 0.6 is 0 Å². The number of hydrogen-bond acceptors (Lipinski definition) is 5. The Kier molecular flexibility index (Phi) is 5.41. The number of anilines is 1. The summed E-state index contributed by atoms with van der Waals surface area (Å²) in [6, 6.07) is 14.2. The highest BCUT2D eigenvalue weighted by Gasteiger charge is 2.15. The molecule has 0 spiro atoms. The average Bonchev–Trinajstić information content (AvgIpc) is 2.72. The molecule has 136 valence electrons. The van der Waals surface area contributed by atoms with Gasteiger partial charge >= 0.3 is 0 Å². The molecule has 0 saturated carbocycles. The second-order valence-corrected chi connectivity index (χ2v) is 5.79. The van der Waals surface area contributed by atoms with Gasteiger partial charge in [-0.1, -0.05) is 6.07 Å². The summed E-state index contributed by atoms with van der Waals surface area (Å²) in [5, 5.41) is 0. The number of nitrogens with two attached hydrogens (primary N) is 1. The van der Waals surface area contributed by atoms with Crippen LogP contribution in [0.5, 0.6) is 5.75 Å². The summed E-state index contributed by atoms with van der Waals surface area (Å²) in [5.41, 5.74) is 7.21. The first-order valence-corrected chi connectivity index (χ1v) is 8.20. The monoisotopic (exact) mass is 362 g/mol. The molecule has 27 heavy (non-hydrogen) atoms. The first-order chi connectivity index (χ1) is 13.0. The lowest BCUT2D eigenvalue weighted by atomic mass is 10.1. The Labute approximate surface area is 156 Å². The zero-order valence-corrected chi connectivity index (χ0v) is 14.7. The first-order valence-electron chi connectivity index (χ1n) is 8.20. The molecule has 0 bridgehead atoms. The predicted molar refractivity (Wildman–Crippen MR) is 100 cm³/mol. The molecule has 0 aliphatic heterocycles. The van der Waals surface area contributed by atoms with Crippen molar-refractivity contribution in [3.05, 3.63) is 83.9 Å².